The van der Waals surface area contributed by atoms with Crippen molar-refractivity contribution in [1.82, 2.24) is 4.90 Å². The minimum Gasteiger partial charge on any atom is -0.481 e. The van der Waals surface area contributed by atoms with Gasteiger partial charge in [0.1, 0.15) is 0 Å². The number of carbonyl (C=O) groups excluding carboxylic acids is 1. The fourth-order valence-electron chi connectivity index (χ4n) is 2.83. The summed E-state index contributed by atoms with van der Waals surface area (Å²) in [6, 6.07) is 5.37. The Kier molecular flexibility index (Phi) is 5.37. The summed E-state index contributed by atoms with van der Waals surface area (Å²) in [6.07, 6.45) is 2.48. The van der Waals surface area contributed by atoms with Crippen molar-refractivity contribution in [3.63, 3.8) is 0 Å². The molecule has 21 heavy (non-hydrogen) atoms. The minimum atomic E-state index is -0.772. The molecule has 1 saturated heterocycles. The molecule has 1 heterocycles. The van der Waals surface area contributed by atoms with Crippen molar-refractivity contribution in [2.75, 3.05) is 13.1 Å². The van der Waals surface area contributed by atoms with Gasteiger partial charge in [0.05, 0.1) is 6.42 Å². The van der Waals surface area contributed by atoms with E-state index in [1.165, 1.54) is 0 Å². The van der Waals surface area contributed by atoms with E-state index in [1.54, 1.807) is 12.1 Å². The van der Waals surface area contributed by atoms with Crippen LogP contribution >= 0.6 is 11.6 Å². The van der Waals surface area contributed by atoms with Crippen LogP contribution < -0.4 is 0 Å². The lowest BCUT2D eigenvalue weighted by atomic mass is 10.1. The molecule has 4 nitrogen and oxygen atoms in total. The molecule has 1 aromatic carbocycles. The Morgan fingerprint density at radius 2 is 2.19 bits per heavy atom. The van der Waals surface area contributed by atoms with E-state index in [0.29, 0.717) is 23.6 Å². The summed E-state index contributed by atoms with van der Waals surface area (Å²) in [5, 5.41) is 9.56. The molecule has 114 valence electrons. The van der Waals surface area contributed by atoms with Gasteiger partial charge < -0.3 is 5.11 Å². The topological polar surface area (TPSA) is 57.6 Å². The Labute approximate surface area is 129 Å². The van der Waals surface area contributed by atoms with Crippen molar-refractivity contribution in [1.29, 1.82) is 0 Å². The summed E-state index contributed by atoms with van der Waals surface area (Å²) < 4.78 is 0. The van der Waals surface area contributed by atoms with Crippen LogP contribution in [0.15, 0.2) is 18.2 Å². The third-order valence-electron chi connectivity index (χ3n) is 4.02. The third kappa shape index (κ3) is 4.29. The van der Waals surface area contributed by atoms with Gasteiger partial charge in [-0.2, -0.15) is 0 Å². The molecule has 1 aromatic rings. The largest absolute Gasteiger partial charge is 0.481 e. The van der Waals surface area contributed by atoms with Crippen LogP contribution in [0.25, 0.3) is 0 Å². The van der Waals surface area contributed by atoms with Gasteiger partial charge in [-0.1, -0.05) is 11.6 Å². The van der Waals surface area contributed by atoms with Crippen molar-refractivity contribution in [3.8, 4) is 0 Å². The highest BCUT2D eigenvalue weighted by molar-refractivity contribution is 6.31. The van der Waals surface area contributed by atoms with Gasteiger partial charge in [0.25, 0.3) is 0 Å². The number of nitrogens with zero attached hydrogens (tertiary/aromatic N) is 1. The smallest absolute Gasteiger partial charge is 0.304 e. The number of halogens is 1. The number of benzene rings is 1. The van der Waals surface area contributed by atoms with Crippen LogP contribution in [0.3, 0.4) is 0 Å². The standard InChI is InChI=1S/C16H20ClNO3/c1-11-9-12(4-5-14(11)17)15(19)6-8-18-7-2-3-13(18)10-16(20)21/h4-5,9,13H,2-3,6-8,10H2,1H3,(H,20,21). The number of hydrogen-bond acceptors (Lipinski definition) is 3. The van der Waals surface area contributed by atoms with Crippen LogP contribution in [0.5, 0.6) is 0 Å². The van der Waals surface area contributed by atoms with Gasteiger partial charge in [0.15, 0.2) is 5.78 Å². The average molecular weight is 310 g/mol. The Bertz CT molecular complexity index is 544. The molecule has 1 N–H and O–H groups in total. The average Bonchev–Trinajstić information content (AvgIpc) is 2.85. The van der Waals surface area contributed by atoms with Crippen LogP contribution in [0, 0.1) is 6.92 Å². The first kappa shape index (κ1) is 16.0. The number of aryl methyl sites for hydroxylation is 1. The number of likely N-dealkylation sites (tertiary alicyclic amines) is 1. The highest BCUT2D eigenvalue weighted by Gasteiger charge is 2.26. The minimum absolute atomic E-state index is 0.0715. The molecule has 1 fully saturated rings. The zero-order valence-electron chi connectivity index (χ0n) is 12.1. The molecule has 0 bridgehead atoms. The van der Waals surface area contributed by atoms with Crippen molar-refractivity contribution < 1.29 is 14.7 Å². The van der Waals surface area contributed by atoms with E-state index in [1.807, 2.05) is 13.0 Å². The van der Waals surface area contributed by atoms with Gasteiger partial charge in [-0.15, -0.1) is 0 Å². The SMILES string of the molecule is Cc1cc(C(=O)CCN2CCCC2CC(=O)O)ccc1Cl. The summed E-state index contributed by atoms with van der Waals surface area (Å²) in [7, 11) is 0. The Morgan fingerprint density at radius 3 is 2.86 bits per heavy atom. The van der Waals surface area contributed by atoms with Crippen molar-refractivity contribution in [3.05, 3.63) is 34.3 Å². The molecule has 1 aliphatic heterocycles. The number of ketones is 1. The molecular weight excluding hydrogens is 290 g/mol. The molecule has 0 saturated carbocycles. The predicted molar refractivity (Wildman–Crippen MR) is 82.0 cm³/mol. The normalized spacial score (nSPS) is 18.9. The van der Waals surface area contributed by atoms with E-state index in [4.69, 9.17) is 16.7 Å². The molecule has 2 rings (SSSR count). The molecule has 0 amide bonds. The molecule has 0 aromatic heterocycles. The van der Waals surface area contributed by atoms with Gasteiger partial charge in [0.2, 0.25) is 0 Å². The van der Waals surface area contributed by atoms with Gasteiger partial charge in [-0.25, -0.2) is 0 Å². The first-order chi connectivity index (χ1) is 9.97. The number of carboxylic acids is 1. The van der Waals surface area contributed by atoms with Gasteiger partial charge in [-0.05, 0) is 50.1 Å². The number of carboxylic acid groups (broad SMARTS) is 1. The van der Waals surface area contributed by atoms with Crippen LogP contribution in [0.2, 0.25) is 5.02 Å². The van der Waals surface area contributed by atoms with Crippen molar-refractivity contribution >= 4 is 23.4 Å². The lowest BCUT2D eigenvalue weighted by Crippen LogP contribution is -2.33. The fraction of sp³-hybridized carbons (Fsp3) is 0.500. The molecule has 1 aliphatic rings. The second kappa shape index (κ2) is 7.05. The maximum absolute atomic E-state index is 12.2. The summed E-state index contributed by atoms with van der Waals surface area (Å²) in [6.45, 7) is 3.38. The lowest BCUT2D eigenvalue weighted by Gasteiger charge is -2.22. The highest BCUT2D eigenvalue weighted by Crippen LogP contribution is 2.21. The van der Waals surface area contributed by atoms with E-state index in [0.717, 1.165) is 24.9 Å². The molecule has 0 radical (unpaired) electrons. The van der Waals surface area contributed by atoms with Crippen molar-refractivity contribution in [2.45, 2.75) is 38.6 Å². The fourth-order valence-corrected chi connectivity index (χ4v) is 2.95. The summed E-state index contributed by atoms with van der Waals surface area (Å²) >= 11 is 5.96. The maximum atomic E-state index is 12.2. The number of rotatable bonds is 6. The zero-order valence-corrected chi connectivity index (χ0v) is 12.9. The Balaban J connectivity index is 1.91. The summed E-state index contributed by atoms with van der Waals surface area (Å²) in [5.41, 5.74) is 1.57. The van der Waals surface area contributed by atoms with Gasteiger partial charge >= 0.3 is 5.97 Å². The van der Waals surface area contributed by atoms with Crippen LogP contribution in [0.1, 0.15) is 41.6 Å². The first-order valence-electron chi connectivity index (χ1n) is 7.22. The predicted octanol–water partition coefficient (Wildman–Crippen LogP) is 3.16. The van der Waals surface area contributed by atoms with E-state index in [-0.39, 0.29) is 18.2 Å². The zero-order chi connectivity index (χ0) is 15.4. The molecule has 1 unspecified atom stereocenters. The summed E-state index contributed by atoms with van der Waals surface area (Å²) in [4.78, 5) is 25.2. The van der Waals surface area contributed by atoms with E-state index in [2.05, 4.69) is 4.90 Å². The Morgan fingerprint density at radius 1 is 1.43 bits per heavy atom. The molecular formula is C16H20ClNO3. The quantitative estimate of drug-likeness (QED) is 0.820. The molecule has 0 spiro atoms. The van der Waals surface area contributed by atoms with Crippen LogP contribution in [0.4, 0.5) is 0 Å². The second-order valence-electron chi connectivity index (χ2n) is 5.57. The molecule has 1 atom stereocenters. The second-order valence-corrected chi connectivity index (χ2v) is 5.97. The third-order valence-corrected chi connectivity index (χ3v) is 4.44. The van der Waals surface area contributed by atoms with E-state index >= 15 is 0 Å². The number of Topliss-reactive ketones (excluding diaryl/α,β-unsaturated/α-hetero) is 1. The van der Waals surface area contributed by atoms with Gasteiger partial charge in [0, 0.05) is 29.6 Å². The van der Waals surface area contributed by atoms with Crippen LogP contribution in [-0.4, -0.2) is 40.9 Å². The number of carbonyl (C=O) groups is 2. The Hall–Kier alpha value is -1.39. The highest BCUT2D eigenvalue weighted by atomic mass is 35.5. The first-order valence-corrected chi connectivity index (χ1v) is 7.60. The van der Waals surface area contributed by atoms with E-state index < -0.39 is 5.97 Å². The molecule has 0 aliphatic carbocycles. The monoisotopic (exact) mass is 309 g/mol. The maximum Gasteiger partial charge on any atom is 0.304 e. The lowest BCUT2D eigenvalue weighted by molar-refractivity contribution is -0.138. The molecule has 5 heteroatoms. The summed E-state index contributed by atoms with van der Waals surface area (Å²) in [5.74, 6) is -0.692. The number of aliphatic carboxylic acids is 1. The van der Waals surface area contributed by atoms with E-state index in [9.17, 15) is 9.59 Å². The van der Waals surface area contributed by atoms with Crippen LogP contribution in [-0.2, 0) is 4.79 Å². The van der Waals surface area contributed by atoms with Gasteiger partial charge in [-0.3, -0.25) is 14.5 Å². The van der Waals surface area contributed by atoms with Crippen molar-refractivity contribution in [2.24, 2.45) is 0 Å². The number of hydrogen-bond donors (Lipinski definition) is 1.